The largest absolute Gasteiger partial charge is 0.508 e. The molecule has 1 amide bonds. The van der Waals surface area contributed by atoms with E-state index in [0.717, 1.165) is 53.6 Å². The Morgan fingerprint density at radius 2 is 1.97 bits per heavy atom. The second kappa shape index (κ2) is 8.45. The van der Waals surface area contributed by atoms with Crippen LogP contribution < -0.4 is 10.6 Å². The van der Waals surface area contributed by atoms with Crippen LogP contribution in [-0.4, -0.2) is 54.0 Å². The van der Waals surface area contributed by atoms with Crippen LogP contribution in [0.3, 0.4) is 0 Å². The SMILES string of the molecule is Cc1ccc(O)c(C)c1Nc1n[nH]c2cc(Nc3ccn(CC(=O)N4CCCC4)n3)ncc12. The molecule has 0 radical (unpaired) electrons. The Labute approximate surface area is 190 Å². The Morgan fingerprint density at radius 1 is 1.15 bits per heavy atom. The number of anilines is 4. The highest BCUT2D eigenvalue weighted by molar-refractivity contribution is 5.92. The van der Waals surface area contributed by atoms with Gasteiger partial charge in [-0.15, -0.1) is 0 Å². The highest BCUT2D eigenvalue weighted by Crippen LogP contribution is 2.32. The first-order valence-corrected chi connectivity index (χ1v) is 11.0. The van der Waals surface area contributed by atoms with Crippen molar-refractivity contribution in [2.75, 3.05) is 23.7 Å². The van der Waals surface area contributed by atoms with Gasteiger partial charge >= 0.3 is 0 Å². The van der Waals surface area contributed by atoms with E-state index in [2.05, 4.69) is 30.9 Å². The van der Waals surface area contributed by atoms with Crippen LogP contribution in [0.1, 0.15) is 24.0 Å². The molecule has 10 heteroatoms. The molecular weight excluding hydrogens is 420 g/mol. The quantitative estimate of drug-likeness (QED) is 0.357. The van der Waals surface area contributed by atoms with Crippen molar-refractivity contribution in [1.29, 1.82) is 0 Å². The first-order valence-electron chi connectivity index (χ1n) is 11.0. The van der Waals surface area contributed by atoms with Gasteiger partial charge in [-0.25, -0.2) is 4.98 Å². The maximum absolute atomic E-state index is 12.3. The summed E-state index contributed by atoms with van der Waals surface area (Å²) in [7, 11) is 0. The first kappa shape index (κ1) is 20.8. The lowest BCUT2D eigenvalue weighted by Gasteiger charge is -2.14. The minimum absolute atomic E-state index is 0.0939. The third-order valence-corrected chi connectivity index (χ3v) is 5.99. The number of hydrogen-bond acceptors (Lipinski definition) is 7. The molecule has 0 aliphatic carbocycles. The van der Waals surface area contributed by atoms with Crippen molar-refractivity contribution in [2.24, 2.45) is 0 Å². The topological polar surface area (TPSA) is 124 Å². The van der Waals surface area contributed by atoms with E-state index in [1.165, 1.54) is 0 Å². The summed E-state index contributed by atoms with van der Waals surface area (Å²) in [4.78, 5) is 18.7. The number of aromatic nitrogens is 5. The van der Waals surface area contributed by atoms with E-state index >= 15 is 0 Å². The van der Waals surface area contributed by atoms with E-state index in [1.54, 1.807) is 23.1 Å². The van der Waals surface area contributed by atoms with Gasteiger partial charge in [0.15, 0.2) is 11.6 Å². The van der Waals surface area contributed by atoms with Crippen LogP contribution in [0.15, 0.2) is 36.7 Å². The van der Waals surface area contributed by atoms with E-state index in [0.29, 0.717) is 17.5 Å². The van der Waals surface area contributed by atoms with Crippen LogP contribution in [0, 0.1) is 13.8 Å². The van der Waals surface area contributed by atoms with Crippen LogP contribution in [0.5, 0.6) is 5.75 Å². The second-order valence-electron chi connectivity index (χ2n) is 8.33. The van der Waals surface area contributed by atoms with Gasteiger partial charge in [0.2, 0.25) is 5.91 Å². The zero-order valence-corrected chi connectivity index (χ0v) is 18.6. The van der Waals surface area contributed by atoms with Crippen molar-refractivity contribution < 1.29 is 9.90 Å². The molecule has 0 unspecified atom stereocenters. The lowest BCUT2D eigenvalue weighted by Crippen LogP contribution is -2.31. The molecule has 0 saturated carbocycles. The average Bonchev–Trinajstić information content (AvgIpc) is 3.56. The van der Waals surface area contributed by atoms with Gasteiger partial charge in [-0.05, 0) is 38.3 Å². The van der Waals surface area contributed by atoms with Crippen LogP contribution >= 0.6 is 0 Å². The van der Waals surface area contributed by atoms with Gasteiger partial charge in [0.1, 0.15) is 18.1 Å². The molecule has 1 aromatic carbocycles. The van der Waals surface area contributed by atoms with Gasteiger partial charge in [0.25, 0.3) is 0 Å². The number of aromatic amines is 1. The number of phenolic OH excluding ortho intramolecular Hbond substituents is 1. The zero-order chi connectivity index (χ0) is 22.9. The molecule has 10 nitrogen and oxygen atoms in total. The number of carbonyl (C=O) groups excluding carboxylic acids is 1. The summed E-state index contributed by atoms with van der Waals surface area (Å²) in [6.45, 7) is 5.73. The van der Waals surface area contributed by atoms with Crippen molar-refractivity contribution in [3.63, 3.8) is 0 Å². The average molecular weight is 447 g/mol. The fraction of sp³-hybridized carbons (Fsp3) is 0.304. The van der Waals surface area contributed by atoms with Crippen LogP contribution in [-0.2, 0) is 11.3 Å². The second-order valence-corrected chi connectivity index (χ2v) is 8.33. The predicted octanol–water partition coefficient (Wildman–Crippen LogP) is 3.59. The monoisotopic (exact) mass is 446 g/mol. The number of phenols is 1. The summed E-state index contributed by atoms with van der Waals surface area (Å²) >= 11 is 0. The number of carbonyl (C=O) groups is 1. The summed E-state index contributed by atoms with van der Waals surface area (Å²) in [6, 6.07) is 7.21. The molecule has 33 heavy (non-hydrogen) atoms. The fourth-order valence-corrected chi connectivity index (χ4v) is 4.08. The number of fused-ring (bicyclic) bond motifs is 1. The number of nitrogens with zero attached hydrogens (tertiary/aromatic N) is 5. The van der Waals surface area contributed by atoms with Gasteiger partial charge in [-0.3, -0.25) is 14.6 Å². The molecule has 4 heterocycles. The molecule has 1 aliphatic heterocycles. The molecule has 4 N–H and O–H groups in total. The van der Waals surface area contributed by atoms with Gasteiger partial charge < -0.3 is 20.6 Å². The third kappa shape index (κ3) is 4.19. The Bertz CT molecular complexity index is 1320. The number of likely N-dealkylation sites (tertiary alicyclic amines) is 1. The number of rotatable bonds is 6. The molecule has 1 aliphatic rings. The van der Waals surface area contributed by atoms with Gasteiger partial charge in [-0.2, -0.15) is 10.2 Å². The molecule has 5 rings (SSSR count). The van der Waals surface area contributed by atoms with E-state index < -0.39 is 0 Å². The van der Waals surface area contributed by atoms with Crippen LogP contribution in [0.4, 0.5) is 23.1 Å². The van der Waals surface area contributed by atoms with E-state index in [-0.39, 0.29) is 18.2 Å². The highest BCUT2D eigenvalue weighted by Gasteiger charge is 2.18. The summed E-state index contributed by atoms with van der Waals surface area (Å²) in [5.74, 6) is 2.18. The number of pyridine rings is 1. The maximum Gasteiger partial charge on any atom is 0.244 e. The fourth-order valence-electron chi connectivity index (χ4n) is 4.08. The van der Waals surface area contributed by atoms with E-state index in [1.807, 2.05) is 36.9 Å². The summed E-state index contributed by atoms with van der Waals surface area (Å²) in [5.41, 5.74) is 3.39. The summed E-state index contributed by atoms with van der Waals surface area (Å²) in [6.07, 6.45) is 5.66. The van der Waals surface area contributed by atoms with Gasteiger partial charge in [-0.1, -0.05) is 6.07 Å². The number of aromatic hydroxyl groups is 1. The van der Waals surface area contributed by atoms with E-state index in [4.69, 9.17) is 0 Å². The maximum atomic E-state index is 12.3. The lowest BCUT2D eigenvalue weighted by atomic mass is 10.1. The molecule has 1 saturated heterocycles. The first-order chi connectivity index (χ1) is 16.0. The van der Waals surface area contributed by atoms with Crippen molar-refractivity contribution in [2.45, 2.75) is 33.2 Å². The molecule has 0 bridgehead atoms. The van der Waals surface area contributed by atoms with Crippen molar-refractivity contribution in [3.8, 4) is 5.75 Å². The van der Waals surface area contributed by atoms with Crippen molar-refractivity contribution in [1.82, 2.24) is 29.9 Å². The molecule has 170 valence electrons. The number of nitrogens with one attached hydrogen (secondary N) is 3. The Hall–Kier alpha value is -4.08. The van der Waals surface area contributed by atoms with Gasteiger partial charge in [0.05, 0.1) is 10.9 Å². The standard InChI is InChI=1S/C23H26N8O2/c1-14-5-6-18(32)15(2)22(14)26-23-16-12-24-20(11-17(16)27-28-23)25-19-7-10-31(29-19)13-21(33)30-8-3-4-9-30/h5-7,10-12,32H,3-4,8-9,13H2,1-2H3,(H,24,25,29)(H2,26,27,28). The number of H-pyrrole nitrogens is 1. The van der Waals surface area contributed by atoms with E-state index in [9.17, 15) is 9.90 Å². The summed E-state index contributed by atoms with van der Waals surface area (Å²) < 4.78 is 1.64. The molecule has 0 atom stereocenters. The minimum Gasteiger partial charge on any atom is -0.508 e. The Balaban J connectivity index is 1.30. The van der Waals surface area contributed by atoms with Gasteiger partial charge in [0, 0.05) is 48.9 Å². The van der Waals surface area contributed by atoms with Crippen molar-refractivity contribution >= 4 is 40.0 Å². The summed E-state index contributed by atoms with van der Waals surface area (Å²) in [5, 5.41) is 29.2. The number of hydrogen-bond donors (Lipinski definition) is 4. The number of aryl methyl sites for hydroxylation is 1. The lowest BCUT2D eigenvalue weighted by molar-refractivity contribution is -0.130. The molecule has 3 aromatic heterocycles. The minimum atomic E-state index is 0.0939. The number of benzene rings is 1. The third-order valence-electron chi connectivity index (χ3n) is 5.99. The molecule has 1 fully saturated rings. The highest BCUT2D eigenvalue weighted by atomic mass is 16.3. The molecular formula is C23H26N8O2. The number of amides is 1. The Kier molecular flexibility index (Phi) is 5.33. The molecule has 4 aromatic rings. The van der Waals surface area contributed by atoms with Crippen molar-refractivity contribution in [3.05, 3.63) is 47.8 Å². The Morgan fingerprint density at radius 3 is 2.79 bits per heavy atom. The van der Waals surface area contributed by atoms with Crippen LogP contribution in [0.2, 0.25) is 0 Å². The smallest absolute Gasteiger partial charge is 0.244 e. The zero-order valence-electron chi connectivity index (χ0n) is 18.6. The predicted molar refractivity (Wildman–Crippen MR) is 126 cm³/mol. The normalized spacial score (nSPS) is 13.6. The molecule has 0 spiro atoms. The van der Waals surface area contributed by atoms with Crippen LogP contribution in [0.25, 0.3) is 10.9 Å².